The molecule has 0 fully saturated rings. The van der Waals surface area contributed by atoms with Crippen molar-refractivity contribution in [2.24, 2.45) is 0 Å². The maximum absolute atomic E-state index is 13.2. The summed E-state index contributed by atoms with van der Waals surface area (Å²) in [5.41, 5.74) is 2.31. The molecule has 0 aliphatic heterocycles. The van der Waals surface area contributed by atoms with Gasteiger partial charge in [0.25, 0.3) is 15.9 Å². The molecule has 172 valence electrons. The number of benzene rings is 3. The number of amides is 2. The van der Waals surface area contributed by atoms with Crippen LogP contribution in [0.3, 0.4) is 0 Å². The summed E-state index contributed by atoms with van der Waals surface area (Å²) in [4.78, 5) is 24.2. The van der Waals surface area contributed by atoms with Gasteiger partial charge in [0.05, 0.1) is 11.3 Å². The Kier molecular flexibility index (Phi) is 7.78. The van der Waals surface area contributed by atoms with Crippen molar-refractivity contribution in [3.05, 3.63) is 95.3 Å². The minimum atomic E-state index is -3.78. The first-order valence-electron chi connectivity index (χ1n) is 10.2. The van der Waals surface area contributed by atoms with Crippen LogP contribution in [0, 0.1) is 12.7 Å². The van der Waals surface area contributed by atoms with Crippen LogP contribution in [0.25, 0.3) is 0 Å². The van der Waals surface area contributed by atoms with Crippen LogP contribution in [0.2, 0.25) is 0 Å². The third-order valence-electron chi connectivity index (χ3n) is 4.72. The Labute approximate surface area is 192 Å². The van der Waals surface area contributed by atoms with Crippen LogP contribution in [-0.2, 0) is 21.2 Å². The minimum absolute atomic E-state index is 0.0317. The highest BCUT2D eigenvalue weighted by Gasteiger charge is 2.15. The molecule has 0 saturated carbocycles. The van der Waals surface area contributed by atoms with E-state index in [-0.39, 0.29) is 35.9 Å². The minimum Gasteiger partial charge on any atom is -0.354 e. The zero-order chi connectivity index (χ0) is 23.8. The number of carbonyl (C=O) groups excluding carboxylic acids is 2. The average molecular weight is 470 g/mol. The molecule has 2 amide bonds. The summed E-state index contributed by atoms with van der Waals surface area (Å²) in [6, 6.07) is 18.3. The van der Waals surface area contributed by atoms with Gasteiger partial charge in [-0.15, -0.1) is 0 Å². The number of halogens is 1. The molecular weight excluding hydrogens is 445 g/mol. The van der Waals surface area contributed by atoms with E-state index < -0.39 is 21.7 Å². The van der Waals surface area contributed by atoms with Crippen molar-refractivity contribution in [2.75, 3.05) is 17.8 Å². The van der Waals surface area contributed by atoms with E-state index in [9.17, 15) is 22.4 Å². The van der Waals surface area contributed by atoms with E-state index in [1.165, 1.54) is 42.5 Å². The summed E-state index contributed by atoms with van der Waals surface area (Å²) in [6.07, 6.45) is 0.0399. The van der Waals surface area contributed by atoms with Crippen molar-refractivity contribution >= 4 is 27.5 Å². The van der Waals surface area contributed by atoms with Gasteiger partial charge >= 0.3 is 0 Å². The second-order valence-electron chi connectivity index (χ2n) is 7.41. The van der Waals surface area contributed by atoms with E-state index in [0.717, 1.165) is 5.56 Å². The molecule has 0 radical (unpaired) electrons. The van der Waals surface area contributed by atoms with Gasteiger partial charge in [-0.25, -0.2) is 12.8 Å². The molecule has 3 rings (SSSR count). The number of sulfonamides is 1. The normalized spacial score (nSPS) is 11.0. The first kappa shape index (κ1) is 23.9. The topological polar surface area (TPSA) is 104 Å². The number of nitrogens with one attached hydrogen (secondary N) is 3. The Morgan fingerprint density at radius 2 is 1.55 bits per heavy atom. The van der Waals surface area contributed by atoms with Gasteiger partial charge in [-0.2, -0.15) is 0 Å². The van der Waals surface area contributed by atoms with Crippen LogP contribution in [-0.4, -0.2) is 33.3 Å². The van der Waals surface area contributed by atoms with Gasteiger partial charge in [0.2, 0.25) is 5.91 Å². The van der Waals surface area contributed by atoms with E-state index in [1.807, 2.05) is 6.92 Å². The van der Waals surface area contributed by atoms with Crippen LogP contribution in [0.1, 0.15) is 21.5 Å². The highest BCUT2D eigenvalue weighted by molar-refractivity contribution is 7.92. The fourth-order valence-corrected chi connectivity index (χ4v) is 4.05. The lowest BCUT2D eigenvalue weighted by atomic mass is 10.1. The third kappa shape index (κ3) is 7.15. The second-order valence-corrected chi connectivity index (χ2v) is 9.09. The van der Waals surface area contributed by atoms with Crippen molar-refractivity contribution in [3.63, 3.8) is 0 Å². The number of aryl methyl sites for hydroxylation is 1. The Balaban J connectivity index is 1.46. The average Bonchev–Trinajstić information content (AvgIpc) is 2.78. The van der Waals surface area contributed by atoms with Crippen LogP contribution in [0.4, 0.5) is 10.1 Å². The standard InChI is InChI=1S/C24H24FN3O4S/c1-17-5-9-21(10-6-17)28-33(31,32)22-11-7-19(8-12-22)24(30)27-14-13-26-23(29)16-18-3-2-4-20(25)15-18/h2-12,15,28H,13-14,16H2,1H3,(H,26,29)(H,27,30). The predicted octanol–water partition coefficient (Wildman–Crippen LogP) is 3.02. The zero-order valence-electron chi connectivity index (χ0n) is 18.0. The highest BCUT2D eigenvalue weighted by Crippen LogP contribution is 2.17. The van der Waals surface area contributed by atoms with Crippen molar-refractivity contribution < 1.29 is 22.4 Å². The first-order chi connectivity index (χ1) is 15.7. The fraction of sp³-hybridized carbons (Fsp3) is 0.167. The molecule has 0 unspecified atom stereocenters. The molecule has 3 aromatic carbocycles. The monoisotopic (exact) mass is 469 g/mol. The number of anilines is 1. The molecule has 0 heterocycles. The predicted molar refractivity (Wildman–Crippen MR) is 124 cm³/mol. The summed E-state index contributed by atoms with van der Waals surface area (Å²) >= 11 is 0. The molecule has 0 bridgehead atoms. The lowest BCUT2D eigenvalue weighted by molar-refractivity contribution is -0.120. The smallest absolute Gasteiger partial charge is 0.261 e. The summed E-state index contributed by atoms with van der Waals surface area (Å²) in [5.74, 6) is -1.09. The van der Waals surface area contributed by atoms with Gasteiger partial charge in [0, 0.05) is 24.3 Å². The van der Waals surface area contributed by atoms with E-state index in [0.29, 0.717) is 11.3 Å². The molecule has 7 nitrogen and oxygen atoms in total. The van der Waals surface area contributed by atoms with Crippen molar-refractivity contribution in [3.8, 4) is 0 Å². The molecule has 3 aromatic rings. The van der Waals surface area contributed by atoms with Gasteiger partial charge in [0.15, 0.2) is 0 Å². The molecule has 0 atom stereocenters. The second kappa shape index (κ2) is 10.7. The molecule has 9 heteroatoms. The molecule has 3 N–H and O–H groups in total. The number of carbonyl (C=O) groups is 2. The number of hydrogen-bond donors (Lipinski definition) is 3. The van der Waals surface area contributed by atoms with Gasteiger partial charge in [-0.1, -0.05) is 29.8 Å². The molecule has 0 aromatic heterocycles. The Hall–Kier alpha value is -3.72. The maximum atomic E-state index is 13.2. The first-order valence-corrected chi connectivity index (χ1v) is 11.7. The number of rotatable bonds is 9. The Bertz CT molecular complexity index is 1230. The van der Waals surface area contributed by atoms with Crippen LogP contribution in [0.15, 0.2) is 77.7 Å². The van der Waals surface area contributed by atoms with Crippen molar-refractivity contribution in [1.29, 1.82) is 0 Å². The molecule has 0 saturated heterocycles. The van der Waals surface area contributed by atoms with Crippen LogP contribution < -0.4 is 15.4 Å². The van der Waals surface area contributed by atoms with Gasteiger partial charge in [-0.05, 0) is 61.0 Å². The molecule has 0 aliphatic carbocycles. The largest absolute Gasteiger partial charge is 0.354 e. The molecule has 33 heavy (non-hydrogen) atoms. The van der Waals surface area contributed by atoms with E-state index >= 15 is 0 Å². The fourth-order valence-electron chi connectivity index (χ4n) is 3.00. The van der Waals surface area contributed by atoms with E-state index in [2.05, 4.69) is 15.4 Å². The van der Waals surface area contributed by atoms with Crippen molar-refractivity contribution in [2.45, 2.75) is 18.2 Å². The molecule has 0 spiro atoms. The lowest BCUT2D eigenvalue weighted by Gasteiger charge is -2.10. The highest BCUT2D eigenvalue weighted by atomic mass is 32.2. The Morgan fingerprint density at radius 3 is 2.21 bits per heavy atom. The summed E-state index contributed by atoms with van der Waals surface area (Å²) in [5, 5.41) is 5.30. The van der Waals surface area contributed by atoms with Gasteiger partial charge < -0.3 is 10.6 Å². The van der Waals surface area contributed by atoms with E-state index in [4.69, 9.17) is 0 Å². The zero-order valence-corrected chi connectivity index (χ0v) is 18.8. The number of hydrogen-bond acceptors (Lipinski definition) is 4. The summed E-state index contributed by atoms with van der Waals surface area (Å²) in [6.45, 7) is 2.29. The lowest BCUT2D eigenvalue weighted by Crippen LogP contribution is -2.35. The Morgan fingerprint density at radius 1 is 0.879 bits per heavy atom. The van der Waals surface area contributed by atoms with Gasteiger partial charge in [0.1, 0.15) is 5.82 Å². The maximum Gasteiger partial charge on any atom is 0.261 e. The molecule has 0 aliphatic rings. The molecular formula is C24H24FN3O4S. The van der Waals surface area contributed by atoms with E-state index in [1.54, 1.807) is 30.3 Å². The van der Waals surface area contributed by atoms with Gasteiger partial charge in [-0.3, -0.25) is 14.3 Å². The third-order valence-corrected chi connectivity index (χ3v) is 6.11. The van der Waals surface area contributed by atoms with Crippen molar-refractivity contribution in [1.82, 2.24) is 10.6 Å². The van der Waals surface area contributed by atoms with Crippen LogP contribution >= 0.6 is 0 Å². The summed E-state index contributed by atoms with van der Waals surface area (Å²) < 4.78 is 40.7. The van der Waals surface area contributed by atoms with Crippen LogP contribution in [0.5, 0.6) is 0 Å². The SMILES string of the molecule is Cc1ccc(NS(=O)(=O)c2ccc(C(=O)NCCNC(=O)Cc3cccc(F)c3)cc2)cc1. The summed E-state index contributed by atoms with van der Waals surface area (Å²) in [7, 11) is -3.78. The quantitative estimate of drug-likeness (QED) is 0.419.